The molecule has 3 nitrogen and oxygen atoms in total. The van der Waals surface area contributed by atoms with Crippen LogP contribution in [0.5, 0.6) is 0 Å². The number of nitrogens with zero attached hydrogens (tertiary/aromatic N) is 1. The molecule has 1 saturated carbocycles. The van der Waals surface area contributed by atoms with Crippen LogP contribution in [0, 0.1) is 22.0 Å². The van der Waals surface area contributed by atoms with E-state index in [2.05, 4.69) is 22.9 Å². The summed E-state index contributed by atoms with van der Waals surface area (Å²) in [5, 5.41) is 10.6. The molecule has 1 aliphatic carbocycles. The molecule has 0 N–H and O–H groups in total. The van der Waals surface area contributed by atoms with Crippen molar-refractivity contribution in [3.63, 3.8) is 0 Å². The number of rotatable bonds is 4. The minimum atomic E-state index is -0.353. The van der Waals surface area contributed by atoms with E-state index in [9.17, 15) is 10.1 Å². The van der Waals surface area contributed by atoms with E-state index in [1.54, 1.807) is 12.1 Å². The molecule has 2 rings (SSSR count). The zero-order valence-electron chi connectivity index (χ0n) is 10.5. The predicted octanol–water partition coefficient (Wildman–Crippen LogP) is 4.34. The summed E-state index contributed by atoms with van der Waals surface area (Å²) in [5.41, 5.74) is 1.33. The minimum Gasteiger partial charge on any atom is -0.258 e. The first-order valence-corrected chi connectivity index (χ1v) is 7.37. The molecule has 0 heterocycles. The lowest BCUT2D eigenvalue weighted by Crippen LogP contribution is -2.19. The van der Waals surface area contributed by atoms with E-state index in [-0.39, 0.29) is 10.6 Å². The highest BCUT2D eigenvalue weighted by atomic mass is 79.9. The Morgan fingerprint density at radius 1 is 1.39 bits per heavy atom. The van der Waals surface area contributed by atoms with Crippen molar-refractivity contribution < 1.29 is 4.92 Å². The smallest absolute Gasteiger partial charge is 0.258 e. The van der Waals surface area contributed by atoms with Gasteiger partial charge >= 0.3 is 0 Å². The minimum absolute atomic E-state index is 0.166. The molecule has 18 heavy (non-hydrogen) atoms. The third-order valence-electron chi connectivity index (χ3n) is 3.97. The molecule has 0 bridgehead atoms. The van der Waals surface area contributed by atoms with Crippen LogP contribution >= 0.6 is 15.9 Å². The van der Waals surface area contributed by atoms with Crippen LogP contribution in [0.2, 0.25) is 0 Å². The third kappa shape index (κ3) is 3.10. The van der Waals surface area contributed by atoms with Gasteiger partial charge in [-0.05, 0) is 30.2 Å². The number of non-ortho nitro benzene ring substituents is 1. The van der Waals surface area contributed by atoms with Gasteiger partial charge in [0.1, 0.15) is 0 Å². The van der Waals surface area contributed by atoms with E-state index in [0.29, 0.717) is 4.83 Å². The first-order chi connectivity index (χ1) is 8.58. The van der Waals surface area contributed by atoms with E-state index in [0.717, 1.165) is 18.3 Å². The number of hydrogen-bond donors (Lipinski definition) is 0. The molecule has 4 heteroatoms. The van der Waals surface area contributed by atoms with Gasteiger partial charge in [-0.3, -0.25) is 10.1 Å². The van der Waals surface area contributed by atoms with Gasteiger partial charge in [-0.25, -0.2) is 0 Å². The molecule has 3 atom stereocenters. The van der Waals surface area contributed by atoms with Gasteiger partial charge in [0.05, 0.1) is 4.92 Å². The zero-order valence-corrected chi connectivity index (χ0v) is 12.1. The Kier molecular flexibility index (Phi) is 4.38. The molecular formula is C14H18BrNO2. The summed E-state index contributed by atoms with van der Waals surface area (Å²) in [5.74, 6) is 1.52. The summed E-state index contributed by atoms with van der Waals surface area (Å²) in [7, 11) is 0. The van der Waals surface area contributed by atoms with Crippen molar-refractivity contribution in [1.29, 1.82) is 0 Å². The van der Waals surface area contributed by atoms with Crippen LogP contribution in [0.3, 0.4) is 0 Å². The molecule has 1 fully saturated rings. The van der Waals surface area contributed by atoms with Crippen molar-refractivity contribution in [2.24, 2.45) is 11.8 Å². The number of benzene rings is 1. The van der Waals surface area contributed by atoms with Gasteiger partial charge in [0.25, 0.3) is 5.69 Å². The Labute approximate surface area is 116 Å². The maximum atomic E-state index is 10.6. The molecule has 0 saturated heterocycles. The maximum absolute atomic E-state index is 10.6. The maximum Gasteiger partial charge on any atom is 0.269 e. The van der Waals surface area contributed by atoms with Gasteiger partial charge in [0, 0.05) is 17.0 Å². The van der Waals surface area contributed by atoms with E-state index < -0.39 is 0 Å². The molecule has 0 aliphatic heterocycles. The van der Waals surface area contributed by atoms with Crippen molar-refractivity contribution in [3.8, 4) is 0 Å². The monoisotopic (exact) mass is 311 g/mol. The van der Waals surface area contributed by atoms with E-state index in [1.165, 1.54) is 24.8 Å². The highest BCUT2D eigenvalue weighted by Gasteiger charge is 2.29. The van der Waals surface area contributed by atoms with Crippen LogP contribution in [0.1, 0.15) is 31.7 Å². The highest BCUT2D eigenvalue weighted by Crippen LogP contribution is 2.37. The molecule has 98 valence electrons. The fourth-order valence-corrected chi connectivity index (χ4v) is 4.00. The number of nitro groups is 1. The molecule has 0 spiro atoms. The molecule has 3 unspecified atom stereocenters. The number of nitro benzene ring substituents is 1. The van der Waals surface area contributed by atoms with Crippen LogP contribution in [0.4, 0.5) is 5.69 Å². The summed E-state index contributed by atoms with van der Waals surface area (Å²) >= 11 is 3.80. The second-order valence-electron chi connectivity index (χ2n) is 5.22. The summed E-state index contributed by atoms with van der Waals surface area (Å²) in [6.07, 6.45) is 4.90. The summed E-state index contributed by atoms with van der Waals surface area (Å²) in [6, 6.07) is 6.91. The Morgan fingerprint density at radius 2 is 2.06 bits per heavy atom. The predicted molar refractivity (Wildman–Crippen MR) is 76.0 cm³/mol. The number of halogens is 1. The number of hydrogen-bond acceptors (Lipinski definition) is 2. The van der Waals surface area contributed by atoms with Gasteiger partial charge < -0.3 is 0 Å². The van der Waals surface area contributed by atoms with Crippen molar-refractivity contribution in [1.82, 2.24) is 0 Å². The third-order valence-corrected chi connectivity index (χ3v) is 4.97. The Bertz CT molecular complexity index is 418. The summed E-state index contributed by atoms with van der Waals surface area (Å²) in [6.45, 7) is 2.32. The zero-order chi connectivity index (χ0) is 13.1. The molecule has 1 aromatic carbocycles. The molecule has 0 amide bonds. The quantitative estimate of drug-likeness (QED) is 0.471. The topological polar surface area (TPSA) is 43.1 Å². The van der Waals surface area contributed by atoms with E-state index in [4.69, 9.17) is 0 Å². The highest BCUT2D eigenvalue weighted by molar-refractivity contribution is 9.09. The summed E-state index contributed by atoms with van der Waals surface area (Å²) in [4.78, 5) is 10.7. The van der Waals surface area contributed by atoms with Gasteiger partial charge in [0.2, 0.25) is 0 Å². The van der Waals surface area contributed by atoms with Gasteiger partial charge in [-0.2, -0.15) is 0 Å². The molecule has 1 aliphatic rings. The number of alkyl halides is 1. The van der Waals surface area contributed by atoms with Gasteiger partial charge in [-0.15, -0.1) is 0 Å². The van der Waals surface area contributed by atoms with Crippen LogP contribution in [0.25, 0.3) is 0 Å². The van der Waals surface area contributed by atoms with Crippen molar-refractivity contribution >= 4 is 21.6 Å². The second-order valence-corrected chi connectivity index (χ2v) is 6.39. The van der Waals surface area contributed by atoms with E-state index >= 15 is 0 Å². The molecule has 0 aromatic heterocycles. The van der Waals surface area contributed by atoms with Gasteiger partial charge in [0.15, 0.2) is 0 Å². The average Bonchev–Trinajstić information content (AvgIpc) is 2.76. The Morgan fingerprint density at radius 3 is 2.56 bits per heavy atom. The lowest BCUT2D eigenvalue weighted by atomic mass is 9.91. The normalized spacial score (nSPS) is 25.0. The summed E-state index contributed by atoms with van der Waals surface area (Å²) < 4.78 is 0. The van der Waals surface area contributed by atoms with E-state index in [1.807, 2.05) is 12.1 Å². The molecule has 1 aromatic rings. The van der Waals surface area contributed by atoms with Crippen LogP contribution in [0.15, 0.2) is 24.3 Å². The molecular weight excluding hydrogens is 294 g/mol. The lowest BCUT2D eigenvalue weighted by molar-refractivity contribution is -0.384. The fraction of sp³-hybridized carbons (Fsp3) is 0.571. The first kappa shape index (κ1) is 13.5. The second kappa shape index (κ2) is 5.83. The van der Waals surface area contributed by atoms with Crippen molar-refractivity contribution in [2.75, 3.05) is 0 Å². The first-order valence-electron chi connectivity index (χ1n) is 6.45. The van der Waals surface area contributed by atoms with Crippen molar-refractivity contribution in [2.45, 2.75) is 37.4 Å². The van der Waals surface area contributed by atoms with Crippen LogP contribution < -0.4 is 0 Å². The SMILES string of the molecule is CC1CCCC1C(Br)Cc1ccc([N+](=O)[O-])cc1. The Hall–Kier alpha value is -0.900. The lowest BCUT2D eigenvalue weighted by Gasteiger charge is -2.21. The standard InChI is InChI=1S/C14H18BrNO2/c1-10-3-2-4-13(10)14(15)9-11-5-7-12(8-6-11)16(17)18/h5-8,10,13-14H,2-4,9H2,1H3. The average molecular weight is 312 g/mol. The van der Waals surface area contributed by atoms with Crippen LogP contribution in [-0.2, 0) is 6.42 Å². The molecule has 0 radical (unpaired) electrons. The van der Waals surface area contributed by atoms with Gasteiger partial charge in [-0.1, -0.05) is 47.8 Å². The fourth-order valence-electron chi connectivity index (χ4n) is 2.84. The van der Waals surface area contributed by atoms with Crippen molar-refractivity contribution in [3.05, 3.63) is 39.9 Å². The Balaban J connectivity index is 1.98. The largest absolute Gasteiger partial charge is 0.269 e. The van der Waals surface area contributed by atoms with Crippen LogP contribution in [-0.4, -0.2) is 9.75 Å².